The Bertz CT molecular complexity index is 1680. The Morgan fingerprint density at radius 2 is 0.911 bits per heavy atom. The molecule has 0 aliphatic rings. The average molecular weight is 641 g/mol. The lowest BCUT2D eigenvalue weighted by Crippen LogP contribution is -2.25. The van der Waals surface area contributed by atoms with Gasteiger partial charge in [0.05, 0.1) is 0 Å². The van der Waals surface area contributed by atoms with Crippen LogP contribution in [-0.2, 0) is 10.2 Å². The standard InChI is InChI=1S/C35H23ClF6O3/c1-35(25-10-18-29(19-11-25)44-33(41)31(37)38,26-12-20-30(21-13-26)45-34(42)32(39)40)24-8-2-22(3-9-24)6-16-28(43)17-7-23-4-14-27(36)15-5-23/h2-21H,1H3/b16-6+,17-7+. The number of ketones is 1. The van der Waals surface area contributed by atoms with E-state index in [4.69, 9.17) is 11.6 Å². The smallest absolute Gasteiger partial charge is 0.344 e. The molecule has 0 bridgehead atoms. The van der Waals surface area contributed by atoms with Crippen molar-refractivity contribution < 1.29 is 40.6 Å². The summed E-state index contributed by atoms with van der Waals surface area (Å²) in [7, 11) is 0. The Hall–Kier alpha value is -5.02. The minimum absolute atomic E-state index is 0.166. The molecule has 0 aromatic heterocycles. The van der Waals surface area contributed by atoms with Crippen LogP contribution in [-0.4, -0.2) is 5.78 Å². The Balaban J connectivity index is 1.63. The lowest BCUT2D eigenvalue weighted by molar-refractivity contribution is -0.110. The fourth-order valence-corrected chi connectivity index (χ4v) is 4.54. The molecule has 0 radical (unpaired) electrons. The minimum atomic E-state index is -2.60. The maximum Gasteiger partial charge on any atom is 0.344 e. The van der Waals surface area contributed by atoms with Crippen molar-refractivity contribution in [1.29, 1.82) is 0 Å². The summed E-state index contributed by atoms with van der Waals surface area (Å²) in [6, 6.07) is 21.7. The summed E-state index contributed by atoms with van der Waals surface area (Å²) in [4.78, 5) is 12.4. The second-order valence-corrected chi connectivity index (χ2v) is 10.1. The summed E-state index contributed by atoms with van der Waals surface area (Å²) < 4.78 is 85.7. The van der Waals surface area contributed by atoms with Gasteiger partial charge in [0.2, 0.25) is 0 Å². The summed E-state index contributed by atoms with van der Waals surface area (Å²) >= 11 is 5.88. The summed E-state index contributed by atoms with van der Waals surface area (Å²) in [5, 5.41) is 0.589. The monoisotopic (exact) mass is 640 g/mol. The molecule has 0 N–H and O–H groups in total. The number of benzene rings is 4. The first kappa shape index (κ1) is 32.9. The molecular formula is C35H23ClF6O3. The lowest BCUT2D eigenvalue weighted by atomic mass is 9.71. The van der Waals surface area contributed by atoms with Gasteiger partial charge in [0.15, 0.2) is 5.78 Å². The Morgan fingerprint density at radius 3 is 1.27 bits per heavy atom. The molecule has 0 unspecified atom stereocenters. The van der Waals surface area contributed by atoms with Crippen molar-refractivity contribution in [2.45, 2.75) is 12.3 Å². The van der Waals surface area contributed by atoms with Crippen LogP contribution in [0.5, 0.6) is 11.5 Å². The van der Waals surface area contributed by atoms with E-state index in [1.807, 2.05) is 19.1 Å². The van der Waals surface area contributed by atoms with Crippen LogP contribution >= 0.6 is 11.6 Å². The first-order valence-electron chi connectivity index (χ1n) is 13.2. The Kier molecular flexibility index (Phi) is 10.7. The summed E-state index contributed by atoms with van der Waals surface area (Å²) in [5.41, 5.74) is 2.57. The van der Waals surface area contributed by atoms with E-state index in [0.29, 0.717) is 21.7 Å². The van der Waals surface area contributed by atoms with E-state index in [9.17, 15) is 31.1 Å². The topological polar surface area (TPSA) is 35.5 Å². The molecule has 10 heteroatoms. The van der Waals surface area contributed by atoms with Crippen molar-refractivity contribution in [1.82, 2.24) is 0 Å². The van der Waals surface area contributed by atoms with Gasteiger partial charge < -0.3 is 9.47 Å². The molecule has 0 heterocycles. The molecule has 4 rings (SSSR count). The molecule has 4 aromatic rings. The fraction of sp³-hybridized carbons (Fsp3) is 0.0571. The number of ether oxygens (including phenoxy) is 2. The first-order valence-corrected chi connectivity index (χ1v) is 13.6. The molecular weight excluding hydrogens is 618 g/mol. The molecule has 0 aliphatic heterocycles. The van der Waals surface area contributed by atoms with Crippen LogP contribution in [0.4, 0.5) is 26.3 Å². The second kappa shape index (κ2) is 14.6. The van der Waals surface area contributed by atoms with Gasteiger partial charge in [-0.2, -0.15) is 26.3 Å². The third kappa shape index (κ3) is 8.55. The molecule has 4 aromatic carbocycles. The predicted molar refractivity (Wildman–Crippen MR) is 161 cm³/mol. The molecule has 230 valence electrons. The summed E-state index contributed by atoms with van der Waals surface area (Å²) in [5.74, 6) is -0.567. The number of rotatable bonds is 11. The fourth-order valence-electron chi connectivity index (χ4n) is 4.41. The van der Waals surface area contributed by atoms with Gasteiger partial charge >= 0.3 is 24.2 Å². The normalized spacial score (nSPS) is 11.5. The van der Waals surface area contributed by atoms with Crippen molar-refractivity contribution in [3.05, 3.63) is 166 Å². The van der Waals surface area contributed by atoms with Crippen molar-refractivity contribution in [3.8, 4) is 11.5 Å². The number of hydrogen-bond donors (Lipinski definition) is 0. The summed E-state index contributed by atoms with van der Waals surface area (Å²) in [6.45, 7) is 1.85. The Morgan fingerprint density at radius 1 is 0.578 bits per heavy atom. The molecule has 0 atom stereocenters. The van der Waals surface area contributed by atoms with Crippen molar-refractivity contribution in [2.75, 3.05) is 0 Å². The van der Waals surface area contributed by atoms with Gasteiger partial charge in [-0.05, 0) is 83.3 Å². The third-order valence-corrected chi connectivity index (χ3v) is 7.07. The van der Waals surface area contributed by atoms with Gasteiger partial charge in [0.25, 0.3) is 0 Å². The zero-order valence-corrected chi connectivity index (χ0v) is 24.2. The van der Waals surface area contributed by atoms with Crippen LogP contribution in [0.2, 0.25) is 5.02 Å². The van der Waals surface area contributed by atoms with Crippen LogP contribution in [0.25, 0.3) is 12.2 Å². The highest BCUT2D eigenvalue weighted by Gasteiger charge is 2.31. The third-order valence-electron chi connectivity index (χ3n) is 6.81. The second-order valence-electron chi connectivity index (χ2n) is 9.69. The highest BCUT2D eigenvalue weighted by molar-refractivity contribution is 6.30. The van der Waals surface area contributed by atoms with Crippen LogP contribution < -0.4 is 9.47 Å². The number of carbonyl (C=O) groups is 1. The maximum absolute atomic E-state index is 13.3. The predicted octanol–water partition coefficient (Wildman–Crippen LogP) is 10.8. The highest BCUT2D eigenvalue weighted by atomic mass is 35.5. The largest absolute Gasteiger partial charge is 0.428 e. The number of halogens is 7. The van der Waals surface area contributed by atoms with Crippen LogP contribution in [0.15, 0.2) is 133 Å². The van der Waals surface area contributed by atoms with Crippen LogP contribution in [0.3, 0.4) is 0 Å². The zero-order valence-electron chi connectivity index (χ0n) is 23.4. The van der Waals surface area contributed by atoms with Crippen molar-refractivity contribution in [3.63, 3.8) is 0 Å². The molecule has 0 aliphatic carbocycles. The first-order chi connectivity index (χ1) is 21.4. The lowest BCUT2D eigenvalue weighted by Gasteiger charge is -2.32. The molecule has 45 heavy (non-hydrogen) atoms. The minimum Gasteiger partial charge on any atom is -0.428 e. The van der Waals surface area contributed by atoms with Gasteiger partial charge in [0.1, 0.15) is 11.5 Å². The average Bonchev–Trinajstić information content (AvgIpc) is 3.04. The van der Waals surface area contributed by atoms with Crippen molar-refractivity contribution in [2.24, 2.45) is 0 Å². The van der Waals surface area contributed by atoms with Gasteiger partial charge in [-0.15, -0.1) is 0 Å². The van der Waals surface area contributed by atoms with Gasteiger partial charge in [0, 0.05) is 10.4 Å². The van der Waals surface area contributed by atoms with Gasteiger partial charge in [-0.25, -0.2) is 0 Å². The highest BCUT2D eigenvalue weighted by Crippen LogP contribution is 2.40. The number of carbonyl (C=O) groups excluding carboxylic acids is 1. The van der Waals surface area contributed by atoms with E-state index >= 15 is 0 Å². The number of allylic oxidation sites excluding steroid dienone is 2. The van der Waals surface area contributed by atoms with Crippen molar-refractivity contribution >= 4 is 29.5 Å². The summed E-state index contributed by atoms with van der Waals surface area (Å²) in [6.07, 6.45) is 0.962. The van der Waals surface area contributed by atoms with E-state index in [0.717, 1.165) is 11.1 Å². The SMILES string of the molecule is CC(c1ccc(/C=C/C(=O)/C=C/c2ccc(Cl)cc2)cc1)(c1ccc(OC(F)=C(F)F)cc1)c1ccc(OC(F)=C(F)F)cc1. The molecule has 0 spiro atoms. The molecule has 0 amide bonds. The molecule has 3 nitrogen and oxygen atoms in total. The molecule has 0 saturated heterocycles. The van der Waals surface area contributed by atoms with Crippen LogP contribution in [0, 0.1) is 0 Å². The van der Waals surface area contributed by atoms with E-state index in [-0.39, 0.29) is 17.3 Å². The molecule has 0 saturated carbocycles. The quantitative estimate of drug-likeness (QED) is 0.0708. The van der Waals surface area contributed by atoms with E-state index in [1.54, 1.807) is 72.8 Å². The molecule has 0 fully saturated rings. The van der Waals surface area contributed by atoms with E-state index < -0.39 is 29.6 Å². The zero-order chi connectivity index (χ0) is 32.6. The van der Waals surface area contributed by atoms with E-state index in [1.165, 1.54) is 36.4 Å². The van der Waals surface area contributed by atoms with Gasteiger partial charge in [-0.1, -0.05) is 84.4 Å². The number of hydrogen-bond acceptors (Lipinski definition) is 3. The maximum atomic E-state index is 13.3. The Labute approximate surface area is 260 Å². The van der Waals surface area contributed by atoms with Gasteiger partial charge in [-0.3, -0.25) is 4.79 Å². The van der Waals surface area contributed by atoms with Crippen LogP contribution in [0.1, 0.15) is 34.7 Å². The van der Waals surface area contributed by atoms with E-state index in [2.05, 4.69) is 9.47 Å².